The summed E-state index contributed by atoms with van der Waals surface area (Å²) in [6.07, 6.45) is 13.4. The van der Waals surface area contributed by atoms with E-state index in [1.807, 2.05) is 114 Å². The minimum Gasteiger partial charge on any atom is -0.472 e. The molecule has 4 heterocycles. The largest absolute Gasteiger partial charge is 0.472 e. The summed E-state index contributed by atoms with van der Waals surface area (Å²) in [6.45, 7) is 31.7. The van der Waals surface area contributed by atoms with Crippen molar-refractivity contribution in [3.8, 4) is 0 Å². The first kappa shape index (κ1) is 70.4. The smallest absolute Gasteiger partial charge is 0.269 e. The van der Waals surface area contributed by atoms with Gasteiger partial charge in [0.05, 0.1) is 11.1 Å². The van der Waals surface area contributed by atoms with Gasteiger partial charge < -0.3 is 29.9 Å². The van der Waals surface area contributed by atoms with Gasteiger partial charge in [0.15, 0.2) is 0 Å². The maximum atomic E-state index is 7.65. The second kappa shape index (κ2) is 33.8. The number of pyridine rings is 1. The Morgan fingerprint density at radius 3 is 1.15 bits per heavy atom. The fourth-order valence-electron chi connectivity index (χ4n) is 3.47. The summed E-state index contributed by atoms with van der Waals surface area (Å²) in [6, 6.07) is 5.63. The van der Waals surface area contributed by atoms with Crippen molar-refractivity contribution in [2.45, 2.75) is 157 Å². The molecule has 0 bridgehead atoms. The molecule has 8 N–H and O–H groups in total. The number of hydrogen-bond donors (Lipinski definition) is 0. The van der Waals surface area contributed by atoms with E-state index in [0.29, 0.717) is 25.0 Å². The Bertz CT molecular complexity index is 1090. The summed E-state index contributed by atoms with van der Waals surface area (Å²) >= 11 is 7.67. The number of hydrogen-bond acceptors (Lipinski definition) is 6. The third-order valence-electron chi connectivity index (χ3n) is 5.81. The van der Waals surface area contributed by atoms with Crippen LogP contribution in [0, 0.1) is 50.8 Å². The van der Waals surface area contributed by atoms with Gasteiger partial charge in [0.25, 0.3) is 11.8 Å². The van der Waals surface area contributed by atoms with Crippen LogP contribution in [0.1, 0.15) is 129 Å². The van der Waals surface area contributed by atoms with Crippen LogP contribution in [-0.4, -0.2) is 84.5 Å². The second-order valence-corrected chi connectivity index (χ2v) is 14.2. The quantitative estimate of drug-likeness (QED) is 0.186. The van der Waals surface area contributed by atoms with Crippen molar-refractivity contribution in [2.75, 3.05) is 13.2 Å². The van der Waals surface area contributed by atoms with Gasteiger partial charge in [-0.2, -0.15) is 0 Å². The van der Waals surface area contributed by atoms with Crippen LogP contribution in [0.4, 0.5) is 0 Å². The van der Waals surface area contributed by atoms with E-state index < -0.39 is 22.4 Å². The third-order valence-corrected chi connectivity index (χ3v) is 5.81. The van der Waals surface area contributed by atoms with Crippen LogP contribution in [0.2, 0.25) is 0 Å². The van der Waals surface area contributed by atoms with Gasteiger partial charge in [-0.25, -0.2) is 9.98 Å². The van der Waals surface area contributed by atoms with Crippen molar-refractivity contribution in [3.05, 3.63) is 69.5 Å². The fraction of sp³-hybridized carbons (Fsp3) is 0.650. The van der Waals surface area contributed by atoms with Gasteiger partial charge in [0.1, 0.15) is 24.6 Å². The van der Waals surface area contributed by atoms with E-state index in [0.717, 1.165) is 24.2 Å². The summed E-state index contributed by atoms with van der Waals surface area (Å²) in [4.78, 5) is 16.8. The Hall–Kier alpha value is -1.35. The second-order valence-electron chi connectivity index (χ2n) is 14.2. The molecule has 1 aromatic rings. The summed E-state index contributed by atoms with van der Waals surface area (Å²) in [5, 5.41) is 30.6. The van der Waals surface area contributed by atoms with E-state index in [1.54, 1.807) is 33.9 Å². The number of aromatic nitrogens is 1. The first-order chi connectivity index (χ1) is 22.8. The summed E-state index contributed by atoms with van der Waals surface area (Å²) in [7, 11) is 0. The van der Waals surface area contributed by atoms with Gasteiger partial charge in [-0.15, -0.1) is 0 Å². The topological polar surface area (TPSA) is 160 Å². The van der Waals surface area contributed by atoms with Crippen LogP contribution in [0.25, 0.3) is 0 Å². The van der Waals surface area contributed by atoms with Gasteiger partial charge in [0.2, 0.25) is 22.4 Å². The Morgan fingerprint density at radius 2 is 1.00 bits per heavy atom. The molecule has 1 aromatic heterocycles. The molecule has 326 valence electrons. The first-order valence-electron chi connectivity index (χ1n) is 17.0. The first-order valence-corrected chi connectivity index (χ1v) is 18.2. The average Bonchev–Trinajstić information content (AvgIpc) is 3.63. The summed E-state index contributed by atoms with van der Waals surface area (Å²) in [5.74, 6) is 1.12. The molecule has 0 amide bonds. The fourth-order valence-corrected chi connectivity index (χ4v) is 3.47. The van der Waals surface area contributed by atoms with Crippen LogP contribution in [0.5, 0.6) is 0 Å². The molecule has 0 saturated carbocycles. The molecule has 3 aliphatic heterocycles. The Labute approximate surface area is 362 Å². The maximum absolute atomic E-state index is 7.65. The molecule has 0 radical (unpaired) electrons. The van der Waals surface area contributed by atoms with Gasteiger partial charge in [-0.1, -0.05) is 75.8 Å². The summed E-state index contributed by atoms with van der Waals surface area (Å²) in [5.41, 5.74) is -1.00. The molecular weight excluding hydrogens is 821 g/mol. The van der Waals surface area contributed by atoms with E-state index in [-0.39, 0.29) is 58.9 Å². The van der Waals surface area contributed by atoms with Gasteiger partial charge >= 0.3 is 0 Å². The van der Waals surface area contributed by atoms with E-state index in [1.165, 1.54) is 0 Å². The predicted octanol–water partition coefficient (Wildman–Crippen LogP) is 6.74. The normalized spacial score (nSPS) is 15.4. The Balaban J connectivity index is -0.0000000800. The number of nitrogens with zero attached hydrogens (tertiary/aromatic N) is 4. The van der Waals surface area contributed by atoms with Crippen molar-refractivity contribution in [1.82, 2.24) is 4.98 Å². The van der Waals surface area contributed by atoms with E-state index >= 15 is 0 Å². The zero-order chi connectivity index (χ0) is 40.6. The molecule has 0 aliphatic carbocycles. The molecule has 3 aliphatic rings. The van der Waals surface area contributed by atoms with Crippen molar-refractivity contribution >= 4 is 18.0 Å². The average molecular weight is 903 g/mol. The minimum absolute atomic E-state index is 0. The molecule has 0 spiro atoms. The van der Waals surface area contributed by atoms with Crippen LogP contribution in [0.3, 0.4) is 0 Å². The number of rotatable bonds is 4. The standard InChI is InChI=1S/2C8H15NO2.C8H13NO.C8H11NO.2C2H6.2CH3Cl.2CH3.2Ni/c2*1-7(2)5-11-6(9-7)8(3,4)10;2*1-8(2,10)7-5-3-4-6-9-7;4*1-2;;;;/h2*10H,5H2,1-4H3;5-6,10H,3-4H2,1-2H3;3-6,10H,1-2H3;2*1-2H3;2*2H,1H2;2*1H3;;/q;;;;;;;;2*+1;;/p+4. The number of halogens is 2. The monoisotopic (exact) mass is 900 g/mol. The minimum atomic E-state index is -0.687. The maximum Gasteiger partial charge on any atom is 0.269 e. The zero-order valence-electron chi connectivity index (χ0n) is 36.8. The molecule has 14 heteroatoms. The van der Waals surface area contributed by atoms with Crippen molar-refractivity contribution in [2.24, 2.45) is 15.0 Å². The summed E-state index contributed by atoms with van der Waals surface area (Å²) < 4.78 is 10.6. The van der Waals surface area contributed by atoms with Crippen LogP contribution >= 0.6 is 0 Å². The SMILES string of the molecule is CC.CC.CC(C)([OH2+])C1=CCCC=N1.CC(C)([OH2+])c1ccccn1.CC1(C)COC(C(C)(C)[OH2+])=N1.CC1(C)COC(C(C)(C)[OH2+])=N1.[CH2-][ClH+].[CH2-][ClH+].[CH3+].[CH3+].[Ni].[Ni]. The predicted molar refractivity (Wildman–Crippen MR) is 224 cm³/mol. The molecule has 0 aromatic carbocycles. The molecular formula is C40H82Cl2N4Ni2O6+6. The van der Waals surface area contributed by atoms with E-state index in [4.69, 9.17) is 29.9 Å². The third kappa shape index (κ3) is 33.9. The molecule has 54 heavy (non-hydrogen) atoms. The molecule has 4 rings (SSSR count). The van der Waals surface area contributed by atoms with E-state index in [9.17, 15) is 0 Å². The van der Waals surface area contributed by atoms with Crippen LogP contribution in [0.15, 0.2) is 51.1 Å². The molecule has 10 nitrogen and oxygen atoms in total. The number of allylic oxidation sites excluding steroid dienone is 1. The number of aliphatic imine (C=N–C) groups is 3. The Kier molecular flexibility index (Phi) is 44.0. The van der Waals surface area contributed by atoms with Gasteiger partial charge in [0, 0.05) is 116 Å². The van der Waals surface area contributed by atoms with Crippen LogP contribution < -0.4 is 0 Å². The van der Waals surface area contributed by atoms with Gasteiger partial charge in [-0.05, 0) is 52.7 Å². The molecule has 0 fully saturated rings. The van der Waals surface area contributed by atoms with Crippen molar-refractivity contribution in [3.63, 3.8) is 0 Å². The molecule has 0 unspecified atom stereocenters. The van der Waals surface area contributed by atoms with E-state index in [2.05, 4.69) is 55.9 Å². The van der Waals surface area contributed by atoms with Crippen molar-refractivity contribution in [1.29, 1.82) is 0 Å². The van der Waals surface area contributed by atoms with Crippen LogP contribution in [-0.2, 0) is 48.1 Å². The Morgan fingerprint density at radius 1 is 0.630 bits per heavy atom. The molecule has 0 saturated heterocycles. The number of ether oxygens (including phenoxy) is 2. The van der Waals surface area contributed by atoms with Gasteiger partial charge in [-0.3, -0.25) is 9.98 Å². The van der Waals surface area contributed by atoms with Crippen molar-refractivity contribution < 1.29 is 86.1 Å². The molecule has 0 atom stereocenters. The zero-order valence-corrected chi connectivity index (χ0v) is 40.4.